The number of alkyl halides is 3. The number of halogens is 3. The van der Waals surface area contributed by atoms with E-state index in [1.54, 1.807) is 31.7 Å². The molecule has 1 aliphatic rings. The summed E-state index contributed by atoms with van der Waals surface area (Å²) in [5.41, 5.74) is -1.38. The molecular weight excluding hydrogens is 347 g/mol. The van der Waals surface area contributed by atoms with Crippen molar-refractivity contribution in [3.05, 3.63) is 35.4 Å². The van der Waals surface area contributed by atoms with E-state index < -0.39 is 23.3 Å². The lowest BCUT2D eigenvalue weighted by Crippen LogP contribution is -2.50. The number of amides is 3. The highest BCUT2D eigenvalue weighted by Crippen LogP contribution is 2.32. The van der Waals surface area contributed by atoms with Crippen molar-refractivity contribution in [2.75, 3.05) is 13.1 Å². The normalized spacial score (nSPS) is 17.9. The summed E-state index contributed by atoms with van der Waals surface area (Å²) >= 11 is 0. The first-order valence-corrected chi connectivity index (χ1v) is 8.57. The van der Waals surface area contributed by atoms with Gasteiger partial charge in [-0.15, -0.1) is 0 Å². The SMILES string of the molecule is CCC(=O)N1CC[C@H](NC(=O)NC(C)(C)c2cccc(C(F)(F)F)c2)C1. The third kappa shape index (κ3) is 4.89. The van der Waals surface area contributed by atoms with Crippen molar-refractivity contribution in [1.29, 1.82) is 0 Å². The predicted molar refractivity (Wildman–Crippen MR) is 91.4 cm³/mol. The predicted octanol–water partition coefficient (Wildman–Crippen LogP) is 3.25. The number of carbonyl (C=O) groups is 2. The summed E-state index contributed by atoms with van der Waals surface area (Å²) in [6.07, 6.45) is -3.36. The molecule has 5 nitrogen and oxygen atoms in total. The second-order valence-electron chi connectivity index (χ2n) is 6.98. The van der Waals surface area contributed by atoms with E-state index in [9.17, 15) is 22.8 Å². The molecule has 1 fully saturated rings. The Hall–Kier alpha value is -2.25. The highest BCUT2D eigenvalue weighted by atomic mass is 19.4. The molecule has 1 heterocycles. The zero-order valence-electron chi connectivity index (χ0n) is 15.1. The van der Waals surface area contributed by atoms with Crippen LogP contribution in [-0.2, 0) is 16.5 Å². The molecule has 0 unspecified atom stereocenters. The topological polar surface area (TPSA) is 61.4 Å². The lowest BCUT2D eigenvalue weighted by molar-refractivity contribution is -0.137. The third-order valence-corrected chi connectivity index (χ3v) is 4.52. The van der Waals surface area contributed by atoms with Gasteiger partial charge in [0, 0.05) is 25.6 Å². The number of hydrogen-bond acceptors (Lipinski definition) is 2. The van der Waals surface area contributed by atoms with E-state index in [-0.39, 0.29) is 11.9 Å². The van der Waals surface area contributed by atoms with Crippen LogP contribution in [-0.4, -0.2) is 36.0 Å². The van der Waals surface area contributed by atoms with Crippen LogP contribution in [0.4, 0.5) is 18.0 Å². The summed E-state index contributed by atoms with van der Waals surface area (Å²) in [7, 11) is 0. The van der Waals surface area contributed by atoms with E-state index in [0.717, 1.165) is 12.1 Å². The average Bonchev–Trinajstić information content (AvgIpc) is 3.01. The molecule has 0 aliphatic carbocycles. The summed E-state index contributed by atoms with van der Waals surface area (Å²) in [6.45, 7) is 6.11. The molecule has 26 heavy (non-hydrogen) atoms. The van der Waals surface area contributed by atoms with E-state index in [2.05, 4.69) is 10.6 Å². The molecule has 144 valence electrons. The molecule has 2 rings (SSSR count). The first kappa shape index (κ1) is 20.1. The van der Waals surface area contributed by atoms with E-state index in [4.69, 9.17) is 0 Å². The van der Waals surface area contributed by atoms with Gasteiger partial charge in [-0.25, -0.2) is 4.79 Å². The van der Waals surface area contributed by atoms with Gasteiger partial charge in [-0.2, -0.15) is 13.2 Å². The van der Waals surface area contributed by atoms with Crippen molar-refractivity contribution < 1.29 is 22.8 Å². The minimum absolute atomic E-state index is 0.0407. The fraction of sp³-hybridized carbons (Fsp3) is 0.556. The minimum atomic E-state index is -4.44. The van der Waals surface area contributed by atoms with E-state index in [0.29, 0.717) is 31.5 Å². The summed E-state index contributed by atoms with van der Waals surface area (Å²) in [6, 6.07) is 4.28. The zero-order chi connectivity index (χ0) is 19.5. The van der Waals surface area contributed by atoms with Crippen LogP contribution < -0.4 is 10.6 Å². The third-order valence-electron chi connectivity index (χ3n) is 4.52. The second-order valence-corrected chi connectivity index (χ2v) is 6.98. The van der Waals surface area contributed by atoms with Crippen molar-refractivity contribution in [3.8, 4) is 0 Å². The lowest BCUT2D eigenvalue weighted by Gasteiger charge is -2.28. The molecule has 0 spiro atoms. The Bertz CT molecular complexity index is 674. The van der Waals surface area contributed by atoms with Crippen LogP contribution in [0.15, 0.2) is 24.3 Å². The van der Waals surface area contributed by atoms with Gasteiger partial charge >= 0.3 is 12.2 Å². The molecule has 1 aliphatic heterocycles. The van der Waals surface area contributed by atoms with Gasteiger partial charge in [0.2, 0.25) is 5.91 Å². The molecule has 1 saturated heterocycles. The highest BCUT2D eigenvalue weighted by Gasteiger charge is 2.33. The van der Waals surface area contributed by atoms with Gasteiger partial charge in [-0.1, -0.05) is 19.1 Å². The smallest absolute Gasteiger partial charge is 0.341 e. The van der Waals surface area contributed by atoms with Gasteiger partial charge in [0.1, 0.15) is 0 Å². The maximum absolute atomic E-state index is 12.9. The Balaban J connectivity index is 1.99. The number of carbonyl (C=O) groups excluding carboxylic acids is 2. The first-order chi connectivity index (χ1) is 12.0. The van der Waals surface area contributed by atoms with Gasteiger partial charge in [0.05, 0.1) is 11.1 Å². The van der Waals surface area contributed by atoms with Gasteiger partial charge in [0.25, 0.3) is 0 Å². The summed E-state index contributed by atoms with van der Waals surface area (Å²) in [4.78, 5) is 25.6. The Morgan fingerprint density at radius 1 is 1.23 bits per heavy atom. The first-order valence-electron chi connectivity index (χ1n) is 8.57. The van der Waals surface area contributed by atoms with Crippen molar-refractivity contribution >= 4 is 11.9 Å². The number of hydrogen-bond donors (Lipinski definition) is 2. The van der Waals surface area contributed by atoms with Crippen LogP contribution in [0.5, 0.6) is 0 Å². The summed E-state index contributed by atoms with van der Waals surface area (Å²) in [5.74, 6) is 0.0407. The van der Waals surface area contributed by atoms with E-state index in [1.807, 2.05) is 0 Å². The van der Waals surface area contributed by atoms with Crippen LogP contribution in [0.2, 0.25) is 0 Å². The lowest BCUT2D eigenvalue weighted by atomic mass is 9.93. The number of rotatable bonds is 4. The van der Waals surface area contributed by atoms with E-state index >= 15 is 0 Å². The minimum Gasteiger partial charge on any atom is -0.341 e. The maximum atomic E-state index is 12.9. The molecule has 0 bridgehead atoms. The fourth-order valence-corrected chi connectivity index (χ4v) is 2.99. The maximum Gasteiger partial charge on any atom is 0.416 e. The zero-order valence-corrected chi connectivity index (χ0v) is 15.1. The number of urea groups is 1. The fourth-order valence-electron chi connectivity index (χ4n) is 2.99. The number of benzene rings is 1. The summed E-state index contributed by atoms with van der Waals surface area (Å²) < 4.78 is 38.7. The largest absolute Gasteiger partial charge is 0.416 e. The molecular formula is C18H24F3N3O2. The molecule has 1 aromatic rings. The monoisotopic (exact) mass is 371 g/mol. The van der Waals surface area contributed by atoms with E-state index in [1.165, 1.54) is 6.07 Å². The van der Waals surface area contributed by atoms with Gasteiger partial charge < -0.3 is 15.5 Å². The van der Waals surface area contributed by atoms with Crippen molar-refractivity contribution in [1.82, 2.24) is 15.5 Å². The molecule has 8 heteroatoms. The van der Waals surface area contributed by atoms with Crippen molar-refractivity contribution in [2.24, 2.45) is 0 Å². The molecule has 0 saturated carbocycles. The van der Waals surface area contributed by atoms with Crippen LogP contribution in [0.3, 0.4) is 0 Å². The Morgan fingerprint density at radius 3 is 2.50 bits per heavy atom. The number of likely N-dealkylation sites (tertiary alicyclic amines) is 1. The van der Waals surface area contributed by atoms with Gasteiger partial charge in [0.15, 0.2) is 0 Å². The number of nitrogens with one attached hydrogen (secondary N) is 2. The Labute approximate surface area is 150 Å². The number of nitrogens with zero attached hydrogens (tertiary/aromatic N) is 1. The molecule has 0 aromatic heterocycles. The van der Waals surface area contributed by atoms with Crippen molar-refractivity contribution in [2.45, 2.75) is 51.4 Å². The Morgan fingerprint density at radius 2 is 1.88 bits per heavy atom. The summed E-state index contributed by atoms with van der Waals surface area (Å²) in [5, 5.41) is 5.51. The van der Waals surface area contributed by atoms with Crippen LogP contribution >= 0.6 is 0 Å². The highest BCUT2D eigenvalue weighted by molar-refractivity contribution is 5.77. The van der Waals surface area contributed by atoms with Crippen LogP contribution in [0.25, 0.3) is 0 Å². The van der Waals surface area contributed by atoms with Crippen LogP contribution in [0.1, 0.15) is 44.7 Å². The Kier molecular flexibility index (Phi) is 5.83. The molecule has 3 amide bonds. The van der Waals surface area contributed by atoms with Crippen LogP contribution in [0, 0.1) is 0 Å². The molecule has 1 atom stereocenters. The second kappa shape index (κ2) is 7.55. The average molecular weight is 371 g/mol. The van der Waals surface area contributed by atoms with Gasteiger partial charge in [-0.3, -0.25) is 4.79 Å². The molecule has 2 N–H and O–H groups in total. The van der Waals surface area contributed by atoms with Crippen molar-refractivity contribution in [3.63, 3.8) is 0 Å². The standard InChI is InChI=1S/C18H24F3N3O2/c1-4-15(25)24-9-8-14(11-24)22-16(26)23-17(2,3)12-6-5-7-13(10-12)18(19,20)21/h5-7,10,14H,4,8-9,11H2,1-3H3,(H2,22,23,26)/t14-/m0/s1. The molecule has 1 aromatic carbocycles. The van der Waals surface area contributed by atoms with Gasteiger partial charge in [-0.05, 0) is 38.0 Å². The molecule has 0 radical (unpaired) electrons. The quantitative estimate of drug-likeness (QED) is 0.854.